The van der Waals surface area contributed by atoms with Crippen molar-refractivity contribution in [2.24, 2.45) is 0 Å². The molecule has 4 rings (SSSR count). The number of phenolic OH excluding ortho intramolecular Hbond substituents is 2. The average molecular weight is 421 g/mol. The van der Waals surface area contributed by atoms with E-state index in [0.29, 0.717) is 24.5 Å². The number of esters is 1. The van der Waals surface area contributed by atoms with E-state index in [-0.39, 0.29) is 58.9 Å². The monoisotopic (exact) mass is 421 g/mol. The van der Waals surface area contributed by atoms with Gasteiger partial charge in [-0.3, -0.25) is 0 Å². The van der Waals surface area contributed by atoms with Gasteiger partial charge in [0, 0.05) is 20.5 Å². The fourth-order valence-corrected chi connectivity index (χ4v) is 3.30. The van der Waals surface area contributed by atoms with Crippen LogP contribution in [0.4, 0.5) is 0 Å². The first kappa shape index (κ1) is 26.8. The van der Waals surface area contributed by atoms with Crippen LogP contribution in [0.5, 0.6) is 23.0 Å². The van der Waals surface area contributed by atoms with Crippen LogP contribution in [0.15, 0.2) is 36.4 Å². The van der Waals surface area contributed by atoms with Crippen molar-refractivity contribution in [3.8, 4) is 23.0 Å². The average Bonchev–Trinajstić information content (AvgIpc) is 2.73. The van der Waals surface area contributed by atoms with Gasteiger partial charge in [0.05, 0.1) is 13.2 Å². The number of carbonyl (C=O) groups is 1. The third-order valence-electron chi connectivity index (χ3n) is 4.83. The molecule has 0 fully saturated rings. The van der Waals surface area contributed by atoms with Crippen LogP contribution in [0.25, 0.3) is 0 Å². The first-order valence-corrected chi connectivity index (χ1v) is 9.74. The second-order valence-electron chi connectivity index (χ2n) is 6.94. The molecule has 161 valence electrons. The molecule has 9 heteroatoms. The van der Waals surface area contributed by atoms with Crippen LogP contribution < -0.4 is 28.3 Å². The molecule has 0 bridgehead atoms. The molecule has 2 aliphatic heterocycles. The normalized spacial score (nSPS) is 18.1. The summed E-state index contributed by atoms with van der Waals surface area (Å²) < 4.78 is 15.8. The summed E-state index contributed by atoms with van der Waals surface area (Å²) in [5, 5.41) is 27.4. The third kappa shape index (κ3) is 7.13. The van der Waals surface area contributed by atoms with Gasteiger partial charge in [0.15, 0.2) is 6.10 Å². The molecule has 2 unspecified atom stereocenters. The van der Waals surface area contributed by atoms with Crippen molar-refractivity contribution >= 4 is 14.4 Å². The van der Waals surface area contributed by atoms with E-state index in [9.17, 15) is 15.0 Å². The maximum atomic E-state index is 11.5. The molecule has 3 N–H and O–H groups in total. The molecule has 0 aromatic heterocycles. The zero-order valence-corrected chi connectivity index (χ0v) is 17.9. The number of hydrogen-bond donors (Lipinski definition) is 3. The Morgan fingerprint density at radius 1 is 1.03 bits per heavy atom. The molecule has 0 amide bonds. The van der Waals surface area contributed by atoms with E-state index in [0.717, 1.165) is 30.4 Å². The molecule has 3 radical (unpaired) electrons. The Bertz CT molecular complexity index is 868. The fourth-order valence-electron chi connectivity index (χ4n) is 3.30. The van der Waals surface area contributed by atoms with Gasteiger partial charge < -0.3 is 31.0 Å². The summed E-state index contributed by atoms with van der Waals surface area (Å²) >= 11 is 0. The smallest absolute Gasteiger partial charge is 1.00 e. The molecule has 0 saturated carbocycles. The van der Waals surface area contributed by atoms with Gasteiger partial charge in [0.2, 0.25) is 0 Å². The van der Waals surface area contributed by atoms with E-state index in [4.69, 9.17) is 19.3 Å². The number of hydrogen-bond acceptors (Lipinski definition) is 7. The molecule has 2 aromatic rings. The van der Waals surface area contributed by atoms with E-state index in [1.165, 1.54) is 6.07 Å². The number of phenols is 2. The van der Waals surface area contributed by atoms with Crippen LogP contribution in [0.3, 0.4) is 0 Å². The Morgan fingerprint density at radius 2 is 1.58 bits per heavy atom. The van der Waals surface area contributed by atoms with Gasteiger partial charge >= 0.3 is 24.8 Å². The quantitative estimate of drug-likeness (QED) is 0.452. The maximum absolute atomic E-state index is 11.5. The summed E-state index contributed by atoms with van der Waals surface area (Å²) in [7, 11) is 0. The predicted molar refractivity (Wildman–Crippen MR) is 112 cm³/mol. The molecule has 31 heavy (non-hydrogen) atoms. The number of aryl methyl sites for hydroxylation is 2. The number of aromatic hydroxyl groups is 2. The van der Waals surface area contributed by atoms with E-state index in [2.05, 4.69) is 0 Å². The third-order valence-corrected chi connectivity index (χ3v) is 4.83. The molecule has 2 aromatic carbocycles. The maximum Gasteiger partial charge on any atom is 1.00 e. The summed E-state index contributed by atoms with van der Waals surface area (Å²) in [5.74, 6) is 1.28. The number of rotatable bonds is 3. The zero-order valence-electron chi connectivity index (χ0n) is 18.9. The van der Waals surface area contributed by atoms with Crippen molar-refractivity contribution in [2.45, 2.75) is 44.8 Å². The molecular formula is C22H27BLiO7. The molecule has 0 aliphatic carbocycles. The van der Waals surface area contributed by atoms with Gasteiger partial charge in [0.1, 0.15) is 29.1 Å². The second kappa shape index (κ2) is 12.6. The minimum absolute atomic E-state index is 0. The van der Waals surface area contributed by atoms with Gasteiger partial charge in [-0.25, -0.2) is 4.79 Å². The molecule has 7 nitrogen and oxygen atoms in total. The zero-order chi connectivity index (χ0) is 20.8. The van der Waals surface area contributed by atoms with Gasteiger partial charge in [0.25, 0.3) is 0 Å². The van der Waals surface area contributed by atoms with Gasteiger partial charge in [-0.1, -0.05) is 12.1 Å². The van der Waals surface area contributed by atoms with Crippen LogP contribution in [0, 0.1) is 0 Å². The van der Waals surface area contributed by atoms with Crippen molar-refractivity contribution < 1.29 is 54.6 Å². The Balaban J connectivity index is 0.000000558. The largest absolute Gasteiger partial charge is 1.00 e. The minimum Gasteiger partial charge on any atom is -1.00 e. The second-order valence-corrected chi connectivity index (χ2v) is 6.94. The Labute approximate surface area is 197 Å². The van der Waals surface area contributed by atoms with Gasteiger partial charge in [-0.15, -0.1) is 0 Å². The van der Waals surface area contributed by atoms with E-state index in [1.54, 1.807) is 25.1 Å². The fraction of sp³-hybridized carbons (Fsp3) is 0.409. The van der Waals surface area contributed by atoms with Crippen LogP contribution in [0.1, 0.15) is 32.3 Å². The Morgan fingerprint density at radius 3 is 2.13 bits per heavy atom. The summed E-state index contributed by atoms with van der Waals surface area (Å²) in [5.41, 5.74) is 2.11. The molecule has 0 saturated heterocycles. The minimum atomic E-state index is -0.547. The van der Waals surface area contributed by atoms with Crippen molar-refractivity contribution in [2.75, 3.05) is 13.2 Å². The molecular weight excluding hydrogens is 394 g/mol. The van der Waals surface area contributed by atoms with Crippen LogP contribution in [-0.2, 0) is 22.4 Å². The van der Waals surface area contributed by atoms with Gasteiger partial charge in [-0.05, 0) is 55.9 Å². The Kier molecular flexibility index (Phi) is 10.8. The van der Waals surface area contributed by atoms with Gasteiger partial charge in [-0.2, -0.15) is 0 Å². The number of ether oxygens (including phenoxy) is 3. The van der Waals surface area contributed by atoms with Crippen molar-refractivity contribution in [1.82, 2.24) is 0 Å². The van der Waals surface area contributed by atoms with Crippen LogP contribution in [0.2, 0.25) is 0 Å². The van der Waals surface area contributed by atoms with Crippen molar-refractivity contribution in [3.05, 3.63) is 47.5 Å². The van der Waals surface area contributed by atoms with Crippen molar-refractivity contribution in [3.63, 3.8) is 0 Å². The van der Waals surface area contributed by atoms with Crippen molar-refractivity contribution in [1.29, 1.82) is 0 Å². The number of aliphatic hydroxyl groups is 1. The van der Waals surface area contributed by atoms with E-state index in [1.807, 2.05) is 12.1 Å². The molecule has 2 heterocycles. The summed E-state index contributed by atoms with van der Waals surface area (Å²) in [4.78, 5) is 11.5. The molecule has 0 spiro atoms. The topological polar surface area (TPSA) is 105 Å². The van der Waals surface area contributed by atoms with Crippen LogP contribution >= 0.6 is 0 Å². The SMILES string of the molecule is CCOC(=O)C1CCc2ccc(O)cc2O1.OCC1CCc2ccc(O)cc2O1.[B].[H-].[Li+]. The summed E-state index contributed by atoms with van der Waals surface area (Å²) in [6, 6.07) is 10.1. The Hall–Kier alpha value is -2.27. The summed E-state index contributed by atoms with van der Waals surface area (Å²) in [6.45, 7) is 2.15. The number of fused-ring (bicyclic) bond motifs is 2. The first-order valence-electron chi connectivity index (χ1n) is 9.74. The number of aliphatic hydroxyl groups excluding tert-OH is 1. The van der Waals surface area contributed by atoms with E-state index < -0.39 is 6.10 Å². The number of carbonyl (C=O) groups excluding carboxylic acids is 1. The van der Waals surface area contributed by atoms with E-state index >= 15 is 0 Å². The number of benzene rings is 2. The first-order chi connectivity index (χ1) is 14.0. The summed E-state index contributed by atoms with van der Waals surface area (Å²) in [6.07, 6.45) is 2.47. The molecule has 2 atom stereocenters. The molecule has 2 aliphatic rings. The van der Waals surface area contributed by atoms with Crippen LogP contribution in [-0.4, -0.2) is 55.1 Å². The predicted octanol–water partition coefficient (Wildman–Crippen LogP) is -0.537. The standard InChI is InChI=1S/C12H14O4.C10H12O3.B.Li.H/c1-2-15-12(14)10-6-4-8-3-5-9(13)7-11(8)16-10;11-6-9-4-2-7-1-3-8(12)5-10(7)13-9;;;/h3,5,7,10,13H,2,4,6H2,1H3;1,3,5,9,11-12H,2,4,6H2;;;/q;;;+1;-1.